The maximum Gasteiger partial charge on any atom is 0.343 e. The molecule has 7 nitrogen and oxygen atoms in total. The molecule has 0 bridgehead atoms. The second-order valence-corrected chi connectivity index (χ2v) is 9.90. The van der Waals surface area contributed by atoms with Crippen LogP contribution >= 0.6 is 0 Å². The van der Waals surface area contributed by atoms with Crippen molar-refractivity contribution in [3.05, 3.63) is 84.6 Å². The third kappa shape index (κ3) is 4.20. The molecule has 5 aromatic rings. The fourth-order valence-corrected chi connectivity index (χ4v) is 5.04. The van der Waals surface area contributed by atoms with Gasteiger partial charge < -0.3 is 13.9 Å². The van der Waals surface area contributed by atoms with Crippen molar-refractivity contribution in [3.8, 4) is 28.5 Å². The summed E-state index contributed by atoms with van der Waals surface area (Å²) in [6, 6.07) is 19.8. The molecule has 2 atom stereocenters. The second-order valence-electron chi connectivity index (χ2n) is 8.63. The van der Waals surface area contributed by atoms with E-state index in [0.29, 0.717) is 23.9 Å². The molecule has 180 valence electrons. The van der Waals surface area contributed by atoms with Crippen molar-refractivity contribution >= 4 is 22.1 Å². The molecule has 1 unspecified atom stereocenters. The van der Waals surface area contributed by atoms with Gasteiger partial charge >= 0.3 is 5.16 Å². The Balaban J connectivity index is 1.39. The lowest BCUT2D eigenvalue weighted by Crippen LogP contribution is -2.16. The Morgan fingerprint density at radius 3 is 2.69 bits per heavy atom. The Morgan fingerprint density at radius 1 is 1.03 bits per heavy atom. The topological polar surface area (TPSA) is 88.8 Å². The molecular formula is C27H22FN5O2S. The number of nitrogens with zero attached hydrogens (tertiary/aromatic N) is 5. The van der Waals surface area contributed by atoms with Crippen molar-refractivity contribution in [2.24, 2.45) is 0 Å². The van der Waals surface area contributed by atoms with Gasteiger partial charge in [-0.05, 0) is 48.9 Å². The van der Waals surface area contributed by atoms with Crippen LogP contribution in [0.3, 0.4) is 0 Å². The zero-order valence-corrected chi connectivity index (χ0v) is 20.3. The number of pyridine rings is 1. The van der Waals surface area contributed by atoms with Gasteiger partial charge in [0, 0.05) is 40.8 Å². The lowest BCUT2D eigenvalue weighted by molar-refractivity contribution is 0.248. The molecule has 0 amide bonds. The summed E-state index contributed by atoms with van der Waals surface area (Å²) in [5, 5.41) is 1.31. The minimum Gasteiger partial charge on any atom is -0.609 e. The van der Waals surface area contributed by atoms with E-state index in [-0.39, 0.29) is 17.0 Å². The molecule has 6 rings (SSSR count). The monoisotopic (exact) mass is 499 g/mol. The third-order valence-corrected chi connectivity index (χ3v) is 7.01. The molecule has 0 saturated heterocycles. The van der Waals surface area contributed by atoms with E-state index in [1.54, 1.807) is 30.7 Å². The number of ether oxygens (including phenoxy) is 1. The lowest BCUT2D eigenvalue weighted by Gasteiger charge is -2.18. The van der Waals surface area contributed by atoms with Crippen molar-refractivity contribution in [3.63, 3.8) is 0 Å². The molecule has 4 heterocycles. The van der Waals surface area contributed by atoms with Crippen molar-refractivity contribution in [2.45, 2.75) is 24.0 Å². The van der Waals surface area contributed by atoms with Crippen molar-refractivity contribution in [1.82, 2.24) is 24.5 Å². The molecule has 0 fully saturated rings. The zero-order chi connectivity index (χ0) is 24.6. The number of fused-ring (bicyclic) bond motifs is 2. The van der Waals surface area contributed by atoms with Gasteiger partial charge in [0.2, 0.25) is 5.88 Å². The predicted octanol–water partition coefficient (Wildman–Crippen LogP) is 5.00. The fraction of sp³-hybridized carbons (Fsp3) is 0.185. The van der Waals surface area contributed by atoms with Crippen LogP contribution in [0.25, 0.3) is 33.5 Å². The molecule has 0 N–H and O–H groups in total. The SMILES string of the molecule is C[S+]([O-])c1nccc(-c2c(-c3ccc(F)cc3)nc3n2[C@H](COc2ccc4ccccc4n2)CC3)n1. The number of hydrogen-bond donors (Lipinski definition) is 0. The summed E-state index contributed by atoms with van der Waals surface area (Å²) in [5.74, 6) is 1.15. The Labute approximate surface area is 210 Å². The Hall–Kier alpha value is -3.82. The molecule has 36 heavy (non-hydrogen) atoms. The normalized spacial score (nSPS) is 15.7. The third-order valence-electron chi connectivity index (χ3n) is 6.30. The number of aryl methyl sites for hydroxylation is 1. The summed E-state index contributed by atoms with van der Waals surface area (Å²) in [5.41, 5.74) is 3.75. The van der Waals surface area contributed by atoms with Crippen LogP contribution in [0.4, 0.5) is 4.39 Å². The molecule has 1 aliphatic heterocycles. The zero-order valence-electron chi connectivity index (χ0n) is 19.5. The minimum absolute atomic E-state index is 0.00416. The van der Waals surface area contributed by atoms with Gasteiger partial charge in [0.25, 0.3) is 0 Å². The molecule has 1 aliphatic rings. The van der Waals surface area contributed by atoms with E-state index in [4.69, 9.17) is 9.72 Å². The van der Waals surface area contributed by atoms with E-state index in [1.165, 1.54) is 12.1 Å². The number of para-hydroxylation sites is 1. The first-order chi connectivity index (χ1) is 17.6. The summed E-state index contributed by atoms with van der Waals surface area (Å²) in [6.45, 7) is 0.405. The number of halogens is 1. The molecule has 2 aromatic carbocycles. The number of benzene rings is 2. The van der Waals surface area contributed by atoms with Crippen LogP contribution in [0.5, 0.6) is 5.88 Å². The van der Waals surface area contributed by atoms with E-state index in [1.807, 2.05) is 36.4 Å². The Morgan fingerprint density at radius 2 is 1.86 bits per heavy atom. The Kier molecular flexibility index (Phi) is 5.86. The van der Waals surface area contributed by atoms with E-state index in [0.717, 1.165) is 40.8 Å². The fourth-order valence-electron chi connectivity index (χ4n) is 4.61. The van der Waals surface area contributed by atoms with E-state index in [9.17, 15) is 8.94 Å². The highest BCUT2D eigenvalue weighted by atomic mass is 32.2. The molecule has 0 aliphatic carbocycles. The number of hydrogen-bond acceptors (Lipinski definition) is 6. The van der Waals surface area contributed by atoms with E-state index < -0.39 is 11.2 Å². The van der Waals surface area contributed by atoms with Crippen LogP contribution in [-0.4, -0.2) is 41.9 Å². The van der Waals surface area contributed by atoms with Gasteiger partial charge in [-0.25, -0.2) is 14.4 Å². The van der Waals surface area contributed by atoms with Crippen LogP contribution in [-0.2, 0) is 17.6 Å². The van der Waals surface area contributed by atoms with Crippen molar-refractivity contribution in [2.75, 3.05) is 12.9 Å². The van der Waals surface area contributed by atoms with Gasteiger partial charge in [0.1, 0.15) is 24.5 Å². The van der Waals surface area contributed by atoms with Gasteiger partial charge in [-0.15, -0.1) is 0 Å². The highest BCUT2D eigenvalue weighted by Crippen LogP contribution is 2.39. The maximum atomic E-state index is 13.6. The van der Waals surface area contributed by atoms with Crippen LogP contribution in [0.2, 0.25) is 0 Å². The standard InChI is InChI=1S/C27H22FN5O2S/c1-36(34)27-29-15-14-22(31-27)26-25(18-6-9-19(28)10-7-18)32-23-12-11-20(33(23)26)16-35-24-13-8-17-4-2-3-5-21(17)30-24/h2-10,13-15,20H,11-12,16H2,1H3/t20-,36?/m0/s1. The summed E-state index contributed by atoms with van der Waals surface area (Å²) in [7, 11) is 0. The van der Waals surface area contributed by atoms with Crippen LogP contribution in [0.15, 0.2) is 78.1 Å². The number of imidazole rings is 1. The molecule has 0 spiro atoms. The highest BCUT2D eigenvalue weighted by Gasteiger charge is 2.32. The summed E-state index contributed by atoms with van der Waals surface area (Å²) >= 11 is -1.34. The molecule has 0 saturated carbocycles. The molecule has 9 heteroatoms. The smallest absolute Gasteiger partial charge is 0.343 e. The highest BCUT2D eigenvalue weighted by molar-refractivity contribution is 7.90. The van der Waals surface area contributed by atoms with Crippen LogP contribution < -0.4 is 4.74 Å². The summed E-state index contributed by atoms with van der Waals surface area (Å²) < 4.78 is 34.0. The van der Waals surface area contributed by atoms with Crippen LogP contribution in [0, 0.1) is 5.82 Å². The first-order valence-electron chi connectivity index (χ1n) is 11.6. The van der Waals surface area contributed by atoms with Gasteiger partial charge in [-0.2, -0.15) is 9.97 Å². The average Bonchev–Trinajstić information content (AvgIpc) is 3.47. The molecule has 3 aromatic heterocycles. The predicted molar refractivity (Wildman–Crippen MR) is 136 cm³/mol. The van der Waals surface area contributed by atoms with Gasteiger partial charge in [-0.3, -0.25) is 0 Å². The minimum atomic E-state index is -1.34. The largest absolute Gasteiger partial charge is 0.609 e. The quantitative estimate of drug-likeness (QED) is 0.241. The van der Waals surface area contributed by atoms with E-state index in [2.05, 4.69) is 19.5 Å². The maximum absolute atomic E-state index is 13.6. The van der Waals surface area contributed by atoms with Gasteiger partial charge in [0.15, 0.2) is 0 Å². The first-order valence-corrected chi connectivity index (χ1v) is 13.1. The number of aromatic nitrogens is 5. The number of rotatable bonds is 6. The first kappa shape index (κ1) is 22.6. The van der Waals surface area contributed by atoms with Crippen molar-refractivity contribution in [1.29, 1.82) is 0 Å². The summed E-state index contributed by atoms with van der Waals surface area (Å²) in [6.07, 6.45) is 4.77. The van der Waals surface area contributed by atoms with E-state index >= 15 is 0 Å². The van der Waals surface area contributed by atoms with Crippen LogP contribution in [0.1, 0.15) is 18.3 Å². The van der Waals surface area contributed by atoms with Gasteiger partial charge in [0.05, 0.1) is 28.6 Å². The van der Waals surface area contributed by atoms with Crippen molar-refractivity contribution < 1.29 is 13.7 Å². The van der Waals surface area contributed by atoms with Gasteiger partial charge in [-0.1, -0.05) is 18.2 Å². The summed E-state index contributed by atoms with van der Waals surface area (Å²) in [4.78, 5) is 18.3. The molecule has 0 radical (unpaired) electrons. The Bertz CT molecular complexity index is 1550. The average molecular weight is 500 g/mol. The lowest BCUT2D eigenvalue weighted by atomic mass is 10.1. The molecular weight excluding hydrogens is 477 g/mol. The second kappa shape index (κ2) is 9.33.